The van der Waals surface area contributed by atoms with Crippen molar-refractivity contribution in [3.05, 3.63) is 46.2 Å². The highest BCUT2D eigenvalue weighted by Crippen LogP contribution is 2.28. The normalized spacial score (nSPS) is 10.9. The summed E-state index contributed by atoms with van der Waals surface area (Å²) in [7, 11) is 3.12. The van der Waals surface area contributed by atoms with Crippen molar-refractivity contribution >= 4 is 34.8 Å². The molecule has 0 atom stereocenters. The summed E-state index contributed by atoms with van der Waals surface area (Å²) in [6.07, 6.45) is -0.672. The molecule has 0 bridgehead atoms. The van der Waals surface area contributed by atoms with Crippen LogP contribution in [0.4, 0.5) is 10.5 Å². The molecule has 28 heavy (non-hydrogen) atoms. The van der Waals surface area contributed by atoms with Crippen molar-refractivity contribution < 1.29 is 23.9 Å². The Morgan fingerprint density at radius 1 is 1.11 bits per heavy atom. The van der Waals surface area contributed by atoms with Crippen molar-refractivity contribution in [1.82, 2.24) is 5.32 Å². The number of methoxy groups -OCH3 is 1. The van der Waals surface area contributed by atoms with Gasteiger partial charge in [0.15, 0.2) is 0 Å². The monoisotopic (exact) mass is 404 g/mol. The molecule has 0 aliphatic carbocycles. The molecule has 150 valence electrons. The summed E-state index contributed by atoms with van der Waals surface area (Å²) in [6.45, 7) is 4.98. The fourth-order valence-electron chi connectivity index (χ4n) is 2.32. The lowest BCUT2D eigenvalue weighted by atomic mass is 10.1. The first kappa shape index (κ1) is 21.4. The van der Waals surface area contributed by atoms with Crippen LogP contribution in [0.3, 0.4) is 0 Å². The molecular formula is C20H24N2O5S. The number of thiophene rings is 1. The maximum Gasteiger partial charge on any atom is 0.408 e. The lowest BCUT2D eigenvalue weighted by Gasteiger charge is -2.21. The molecule has 1 heterocycles. The molecule has 0 saturated carbocycles. The van der Waals surface area contributed by atoms with Crippen LogP contribution in [0.5, 0.6) is 5.75 Å². The van der Waals surface area contributed by atoms with Crippen molar-refractivity contribution in [3.8, 4) is 5.75 Å². The van der Waals surface area contributed by atoms with E-state index in [1.54, 1.807) is 70.6 Å². The molecule has 0 aliphatic heterocycles. The number of hydrogen-bond acceptors (Lipinski definition) is 6. The highest BCUT2D eigenvalue weighted by Gasteiger charge is 2.22. The standard InChI is InChI=1S/C20H24N2O5S/c1-20(2,3)27-19(25)21-12-16(23)22(4)15-10-11-28-18(15)17(24)13-6-8-14(26-5)9-7-13/h6-11H,12H2,1-5H3,(H,21,25). The second-order valence-electron chi connectivity index (χ2n) is 7.00. The van der Waals surface area contributed by atoms with Gasteiger partial charge in [-0.2, -0.15) is 0 Å². The van der Waals surface area contributed by atoms with Crippen LogP contribution >= 0.6 is 11.3 Å². The van der Waals surface area contributed by atoms with Gasteiger partial charge in [-0.1, -0.05) is 0 Å². The van der Waals surface area contributed by atoms with Crippen LogP contribution in [0.15, 0.2) is 35.7 Å². The van der Waals surface area contributed by atoms with Crippen molar-refractivity contribution in [3.63, 3.8) is 0 Å². The third-order valence-corrected chi connectivity index (χ3v) is 4.62. The Morgan fingerprint density at radius 2 is 1.75 bits per heavy atom. The molecule has 2 aromatic rings. The van der Waals surface area contributed by atoms with Gasteiger partial charge in [-0.25, -0.2) is 4.79 Å². The lowest BCUT2D eigenvalue weighted by Crippen LogP contribution is -2.40. The number of likely N-dealkylation sites (N-methyl/N-ethyl adjacent to an activating group) is 1. The van der Waals surface area contributed by atoms with Gasteiger partial charge >= 0.3 is 6.09 Å². The van der Waals surface area contributed by atoms with Crippen LogP contribution < -0.4 is 15.0 Å². The van der Waals surface area contributed by atoms with Crippen LogP contribution in [-0.4, -0.2) is 44.1 Å². The first-order chi connectivity index (χ1) is 13.1. The van der Waals surface area contributed by atoms with E-state index >= 15 is 0 Å². The maximum absolute atomic E-state index is 12.8. The van der Waals surface area contributed by atoms with Crippen molar-refractivity contribution in [2.24, 2.45) is 0 Å². The minimum Gasteiger partial charge on any atom is -0.497 e. The van der Waals surface area contributed by atoms with Gasteiger partial charge in [0.2, 0.25) is 11.7 Å². The van der Waals surface area contributed by atoms with Crippen LogP contribution in [0.25, 0.3) is 0 Å². The maximum atomic E-state index is 12.8. The molecule has 0 aliphatic rings. The fourth-order valence-corrected chi connectivity index (χ4v) is 3.21. The molecular weight excluding hydrogens is 380 g/mol. The van der Waals surface area contributed by atoms with Gasteiger partial charge in [0.25, 0.3) is 0 Å². The second kappa shape index (κ2) is 8.88. The number of nitrogens with zero attached hydrogens (tertiary/aromatic N) is 1. The number of anilines is 1. The quantitative estimate of drug-likeness (QED) is 0.745. The molecule has 1 N–H and O–H groups in total. The van der Waals surface area contributed by atoms with Crippen molar-refractivity contribution in [2.45, 2.75) is 26.4 Å². The van der Waals surface area contributed by atoms with Crippen LogP contribution in [0.1, 0.15) is 36.0 Å². The summed E-state index contributed by atoms with van der Waals surface area (Å²) in [6, 6.07) is 8.47. The lowest BCUT2D eigenvalue weighted by molar-refractivity contribution is -0.117. The Kier molecular flexibility index (Phi) is 6.80. The summed E-state index contributed by atoms with van der Waals surface area (Å²) in [5, 5.41) is 4.17. The van der Waals surface area contributed by atoms with Gasteiger partial charge in [-0.05, 0) is 56.5 Å². The number of ether oxygens (including phenoxy) is 2. The summed E-state index contributed by atoms with van der Waals surface area (Å²) >= 11 is 1.25. The molecule has 1 aromatic heterocycles. The highest BCUT2D eigenvalue weighted by molar-refractivity contribution is 7.13. The number of amides is 2. The number of carbonyl (C=O) groups is 3. The summed E-state index contributed by atoms with van der Waals surface area (Å²) in [4.78, 5) is 38.8. The predicted molar refractivity (Wildman–Crippen MR) is 108 cm³/mol. The SMILES string of the molecule is COc1ccc(C(=O)c2sccc2N(C)C(=O)CNC(=O)OC(C)(C)C)cc1. The predicted octanol–water partition coefficient (Wildman–Crippen LogP) is 3.48. The zero-order valence-corrected chi connectivity index (χ0v) is 17.4. The van der Waals surface area contributed by atoms with Gasteiger partial charge in [-0.3, -0.25) is 9.59 Å². The number of carbonyl (C=O) groups excluding carboxylic acids is 3. The number of ketones is 1. The van der Waals surface area contributed by atoms with Crippen molar-refractivity contribution in [2.75, 3.05) is 25.6 Å². The van der Waals surface area contributed by atoms with Crippen LogP contribution in [0, 0.1) is 0 Å². The van der Waals surface area contributed by atoms with Gasteiger partial charge < -0.3 is 19.7 Å². The van der Waals surface area contributed by atoms with Gasteiger partial charge in [0.05, 0.1) is 17.7 Å². The molecule has 2 amide bonds. The molecule has 0 saturated heterocycles. The Balaban J connectivity index is 2.07. The van der Waals surface area contributed by atoms with E-state index in [0.717, 1.165) is 0 Å². The average molecular weight is 404 g/mol. The largest absolute Gasteiger partial charge is 0.497 e. The second-order valence-corrected chi connectivity index (χ2v) is 7.92. The topological polar surface area (TPSA) is 84.9 Å². The smallest absolute Gasteiger partial charge is 0.408 e. The molecule has 0 unspecified atom stereocenters. The summed E-state index contributed by atoms with van der Waals surface area (Å²) in [5.74, 6) is 0.101. The third-order valence-electron chi connectivity index (χ3n) is 3.72. The number of nitrogens with one attached hydrogen (secondary N) is 1. The molecule has 2 rings (SSSR count). The fraction of sp³-hybridized carbons (Fsp3) is 0.350. The molecule has 7 nitrogen and oxygen atoms in total. The van der Waals surface area contributed by atoms with Gasteiger partial charge in [0.1, 0.15) is 17.9 Å². The summed E-state index contributed by atoms with van der Waals surface area (Å²) in [5.41, 5.74) is 0.337. The average Bonchev–Trinajstić information content (AvgIpc) is 3.13. The minimum absolute atomic E-state index is 0.188. The molecule has 1 aromatic carbocycles. The molecule has 8 heteroatoms. The van der Waals surface area contributed by atoms with E-state index in [4.69, 9.17) is 9.47 Å². The van der Waals surface area contributed by atoms with Gasteiger partial charge in [-0.15, -0.1) is 11.3 Å². The molecule has 0 spiro atoms. The Labute approximate surface area is 168 Å². The van der Waals surface area contributed by atoms with E-state index in [2.05, 4.69) is 5.32 Å². The first-order valence-electron chi connectivity index (χ1n) is 8.62. The Bertz CT molecular complexity index is 852. The minimum atomic E-state index is -0.672. The van der Waals surface area contributed by atoms with E-state index in [-0.39, 0.29) is 18.2 Å². The molecule has 0 radical (unpaired) electrons. The van der Waals surface area contributed by atoms with Gasteiger partial charge in [0, 0.05) is 12.6 Å². The van der Waals surface area contributed by atoms with E-state index in [9.17, 15) is 14.4 Å². The zero-order chi connectivity index (χ0) is 20.9. The number of hydrogen-bond donors (Lipinski definition) is 1. The number of rotatable bonds is 6. The number of alkyl carbamates (subject to hydrolysis) is 1. The van der Waals surface area contributed by atoms with E-state index in [0.29, 0.717) is 21.9 Å². The van der Waals surface area contributed by atoms with Crippen LogP contribution in [-0.2, 0) is 9.53 Å². The number of benzene rings is 1. The summed E-state index contributed by atoms with van der Waals surface area (Å²) < 4.78 is 10.2. The Morgan fingerprint density at radius 3 is 2.32 bits per heavy atom. The highest BCUT2D eigenvalue weighted by atomic mass is 32.1. The van der Waals surface area contributed by atoms with E-state index < -0.39 is 11.7 Å². The third kappa shape index (κ3) is 5.56. The van der Waals surface area contributed by atoms with Crippen LogP contribution in [0.2, 0.25) is 0 Å². The molecule has 0 fully saturated rings. The van der Waals surface area contributed by atoms with Crippen molar-refractivity contribution in [1.29, 1.82) is 0 Å². The van der Waals surface area contributed by atoms with E-state index in [1.165, 1.54) is 16.2 Å². The zero-order valence-electron chi connectivity index (χ0n) is 16.6. The van der Waals surface area contributed by atoms with E-state index in [1.807, 2.05) is 0 Å². The first-order valence-corrected chi connectivity index (χ1v) is 9.50. The Hall–Kier alpha value is -2.87.